The highest BCUT2D eigenvalue weighted by molar-refractivity contribution is 6.04. The van der Waals surface area contributed by atoms with Crippen LogP contribution in [0, 0.1) is 11.7 Å². The highest BCUT2D eigenvalue weighted by Crippen LogP contribution is 2.53. The molecule has 6 heteroatoms. The smallest absolute Gasteiger partial charge is 0.191 e. The Kier molecular flexibility index (Phi) is 5.11. The summed E-state index contributed by atoms with van der Waals surface area (Å²) in [5.74, 6) is -0.202. The van der Waals surface area contributed by atoms with Gasteiger partial charge in [-0.25, -0.2) is 9.07 Å². The Balaban J connectivity index is 1.56. The average Bonchev–Trinajstić information content (AvgIpc) is 3.20. The van der Waals surface area contributed by atoms with Crippen LogP contribution in [0.2, 0.25) is 0 Å². The first-order valence-electron chi connectivity index (χ1n) is 12.3. The number of hydrogen-bond acceptors (Lipinski definition) is 4. The molecule has 0 bridgehead atoms. The van der Waals surface area contributed by atoms with E-state index in [1.807, 2.05) is 29.9 Å². The zero-order chi connectivity index (χ0) is 24.2. The van der Waals surface area contributed by atoms with Gasteiger partial charge in [0.1, 0.15) is 11.5 Å². The normalized spacial score (nSPS) is 26.1. The van der Waals surface area contributed by atoms with Gasteiger partial charge < -0.3 is 5.11 Å². The van der Waals surface area contributed by atoms with Crippen LogP contribution in [0.25, 0.3) is 16.6 Å². The summed E-state index contributed by atoms with van der Waals surface area (Å²) < 4.78 is 15.3. The Morgan fingerprint density at radius 2 is 1.97 bits per heavy atom. The molecule has 0 saturated heterocycles. The number of halogens is 1. The summed E-state index contributed by atoms with van der Waals surface area (Å²) in [6, 6.07) is 16.1. The van der Waals surface area contributed by atoms with Gasteiger partial charge in [0.2, 0.25) is 0 Å². The van der Waals surface area contributed by atoms with E-state index in [9.17, 15) is 14.3 Å². The summed E-state index contributed by atoms with van der Waals surface area (Å²) in [4.78, 5) is 18.7. The van der Waals surface area contributed by atoms with Crippen molar-refractivity contribution in [1.82, 2.24) is 14.8 Å². The van der Waals surface area contributed by atoms with E-state index in [4.69, 9.17) is 0 Å². The Morgan fingerprint density at radius 1 is 1.14 bits per heavy atom. The van der Waals surface area contributed by atoms with E-state index in [0.29, 0.717) is 25.0 Å². The van der Waals surface area contributed by atoms with Crippen LogP contribution in [-0.2, 0) is 11.8 Å². The van der Waals surface area contributed by atoms with Crippen LogP contribution in [0.3, 0.4) is 0 Å². The Bertz CT molecular complexity index is 1410. The number of fused-ring (bicyclic) bond motifs is 4. The molecule has 4 aromatic rings. The maximum absolute atomic E-state index is 14.3. The second-order valence-electron chi connectivity index (χ2n) is 10.4. The molecule has 6 rings (SSSR count). The molecule has 1 saturated carbocycles. The molecule has 0 unspecified atom stereocenters. The Labute approximate surface area is 203 Å². The fraction of sp³-hybridized carbons (Fsp3) is 0.345. The predicted octanol–water partition coefficient (Wildman–Crippen LogP) is 5.57. The molecule has 0 aliphatic heterocycles. The predicted molar refractivity (Wildman–Crippen MR) is 132 cm³/mol. The van der Waals surface area contributed by atoms with Crippen molar-refractivity contribution < 1.29 is 14.3 Å². The van der Waals surface area contributed by atoms with Crippen LogP contribution in [0.5, 0.6) is 0 Å². The van der Waals surface area contributed by atoms with Crippen LogP contribution in [-0.4, -0.2) is 31.3 Å². The zero-order valence-electron chi connectivity index (χ0n) is 19.7. The minimum atomic E-state index is -0.777. The second kappa shape index (κ2) is 8.09. The molecular formula is C29H28FN3O2. The van der Waals surface area contributed by atoms with E-state index < -0.39 is 11.0 Å². The first-order valence-corrected chi connectivity index (χ1v) is 12.3. The molecule has 0 amide bonds. The van der Waals surface area contributed by atoms with E-state index in [1.54, 1.807) is 24.4 Å². The first kappa shape index (κ1) is 22.1. The van der Waals surface area contributed by atoms with Crippen molar-refractivity contribution >= 4 is 16.7 Å². The fourth-order valence-corrected chi connectivity index (χ4v) is 6.39. The highest BCUT2D eigenvalue weighted by Gasteiger charge is 2.54. The molecule has 1 fully saturated rings. The fourth-order valence-electron chi connectivity index (χ4n) is 6.39. The number of aryl methyl sites for hydroxylation is 1. The van der Waals surface area contributed by atoms with Crippen molar-refractivity contribution in [1.29, 1.82) is 0 Å². The number of nitrogens with zero attached hydrogens (tertiary/aromatic N) is 3. The van der Waals surface area contributed by atoms with Crippen molar-refractivity contribution in [3.05, 3.63) is 89.6 Å². The molecule has 35 heavy (non-hydrogen) atoms. The number of pyridine rings is 1. The van der Waals surface area contributed by atoms with Gasteiger partial charge in [0, 0.05) is 11.6 Å². The third-order valence-electron chi connectivity index (χ3n) is 8.09. The molecule has 0 radical (unpaired) electrons. The van der Waals surface area contributed by atoms with Gasteiger partial charge in [-0.15, -0.1) is 0 Å². The van der Waals surface area contributed by atoms with E-state index in [0.717, 1.165) is 47.0 Å². The lowest BCUT2D eigenvalue weighted by atomic mass is 9.56. The van der Waals surface area contributed by atoms with Crippen molar-refractivity contribution in [2.24, 2.45) is 5.92 Å². The van der Waals surface area contributed by atoms with Crippen LogP contribution in [0.15, 0.2) is 67.0 Å². The largest absolute Gasteiger partial charge is 0.390 e. The van der Waals surface area contributed by atoms with Gasteiger partial charge in [-0.2, -0.15) is 5.10 Å². The zero-order valence-corrected chi connectivity index (χ0v) is 19.7. The third kappa shape index (κ3) is 3.59. The number of rotatable bonds is 3. The van der Waals surface area contributed by atoms with E-state index in [1.165, 1.54) is 12.1 Å². The van der Waals surface area contributed by atoms with Gasteiger partial charge in [-0.05, 0) is 111 Å². The maximum atomic E-state index is 14.3. The van der Waals surface area contributed by atoms with E-state index >= 15 is 0 Å². The highest BCUT2D eigenvalue weighted by atomic mass is 19.1. The quantitative estimate of drug-likeness (QED) is 0.399. The van der Waals surface area contributed by atoms with Gasteiger partial charge >= 0.3 is 0 Å². The second-order valence-corrected chi connectivity index (χ2v) is 10.4. The van der Waals surface area contributed by atoms with Crippen LogP contribution in [0.4, 0.5) is 4.39 Å². The number of ketones is 1. The maximum Gasteiger partial charge on any atom is 0.191 e. The molecule has 178 valence electrons. The van der Waals surface area contributed by atoms with Crippen LogP contribution >= 0.6 is 0 Å². The van der Waals surface area contributed by atoms with Gasteiger partial charge in [0.05, 0.1) is 28.4 Å². The lowest BCUT2D eigenvalue weighted by Crippen LogP contribution is -2.51. The number of aromatic nitrogens is 3. The van der Waals surface area contributed by atoms with Crippen LogP contribution < -0.4 is 0 Å². The van der Waals surface area contributed by atoms with E-state index in [2.05, 4.69) is 22.2 Å². The topological polar surface area (TPSA) is 68.0 Å². The summed E-state index contributed by atoms with van der Waals surface area (Å²) in [7, 11) is 0. The van der Waals surface area contributed by atoms with Crippen molar-refractivity contribution in [2.75, 3.05) is 0 Å². The molecule has 2 aliphatic rings. The molecule has 5 nitrogen and oxygen atoms in total. The Morgan fingerprint density at radius 3 is 2.74 bits per heavy atom. The number of Topliss-reactive ketones (excluding diaryl/α,β-unsaturated/α-hetero) is 1. The minimum absolute atomic E-state index is 0.0339. The number of aliphatic hydroxyl groups is 1. The molecule has 3 atom stereocenters. The van der Waals surface area contributed by atoms with Crippen LogP contribution in [0.1, 0.15) is 60.6 Å². The molecule has 2 aromatic carbocycles. The first-order chi connectivity index (χ1) is 16.9. The summed E-state index contributed by atoms with van der Waals surface area (Å²) in [6.07, 6.45) is 7.92. The van der Waals surface area contributed by atoms with Gasteiger partial charge in [0.15, 0.2) is 5.78 Å². The standard InChI is InChI=1S/C29H28FN3O2/c1-28(35)12-13-29(27(34)25-7-2-3-14-31-25)21(17-28)6-4-5-19-16-26-20(15-24(19)29)18-32-33(26)23-10-8-22(30)9-11-23/h2-3,7-11,14-16,18,21,35H,4-6,12-13,17H2,1H3/t21-,28-,29+/m1/s1. The number of hydrogen-bond donors (Lipinski definition) is 1. The molecular weight excluding hydrogens is 441 g/mol. The minimum Gasteiger partial charge on any atom is -0.390 e. The van der Waals surface area contributed by atoms with Gasteiger partial charge in [-0.1, -0.05) is 6.07 Å². The lowest BCUT2D eigenvalue weighted by Gasteiger charge is -2.48. The van der Waals surface area contributed by atoms with E-state index in [-0.39, 0.29) is 17.5 Å². The summed E-state index contributed by atoms with van der Waals surface area (Å²) in [5.41, 5.74) is 2.91. The average molecular weight is 470 g/mol. The molecule has 2 aliphatic carbocycles. The summed E-state index contributed by atoms with van der Waals surface area (Å²) in [6.45, 7) is 1.89. The van der Waals surface area contributed by atoms with Crippen molar-refractivity contribution in [3.8, 4) is 5.69 Å². The lowest BCUT2D eigenvalue weighted by molar-refractivity contribution is -0.0267. The number of benzene rings is 2. The Hall–Kier alpha value is -3.38. The monoisotopic (exact) mass is 469 g/mol. The molecule has 0 spiro atoms. The van der Waals surface area contributed by atoms with Gasteiger partial charge in [0.25, 0.3) is 0 Å². The van der Waals surface area contributed by atoms with Crippen molar-refractivity contribution in [3.63, 3.8) is 0 Å². The SMILES string of the molecule is C[C@@]1(O)CC[C@@]2(C(=O)c3ccccn3)c3cc4cnn(-c5ccc(F)cc5)c4cc3CCC[C@@H]2C1. The third-order valence-corrected chi connectivity index (χ3v) is 8.09. The summed E-state index contributed by atoms with van der Waals surface area (Å²) in [5, 5.41) is 16.5. The number of carbonyl (C=O) groups is 1. The van der Waals surface area contributed by atoms with Gasteiger partial charge in [-0.3, -0.25) is 9.78 Å². The molecule has 2 heterocycles. The summed E-state index contributed by atoms with van der Waals surface area (Å²) >= 11 is 0. The van der Waals surface area contributed by atoms with Crippen molar-refractivity contribution in [2.45, 2.75) is 56.5 Å². The molecule has 2 aromatic heterocycles. The number of carbonyl (C=O) groups excluding carboxylic acids is 1. The molecule has 1 N–H and O–H groups in total.